The molecule has 0 fully saturated rings. The average Bonchev–Trinajstić information content (AvgIpc) is 2.26. The molecule has 0 spiro atoms. The summed E-state index contributed by atoms with van der Waals surface area (Å²) in [5.41, 5.74) is 2.38. The molecule has 1 rings (SSSR count). The summed E-state index contributed by atoms with van der Waals surface area (Å²) < 4.78 is 5.60. The number of hydrogen-bond acceptors (Lipinski definition) is 4. The summed E-state index contributed by atoms with van der Waals surface area (Å²) in [6.45, 7) is 14.3. The third kappa shape index (κ3) is 6.53. The molecular formula is C15H27N3O. The molecule has 1 aromatic rings. The molecule has 0 unspecified atom stereocenters. The normalized spacial score (nSPS) is 11.9. The predicted octanol–water partition coefficient (Wildman–Crippen LogP) is 3.10. The van der Waals surface area contributed by atoms with Crippen molar-refractivity contribution in [2.45, 2.75) is 60.5 Å². The van der Waals surface area contributed by atoms with E-state index in [1.54, 1.807) is 0 Å². The minimum atomic E-state index is 0.274. The Morgan fingerprint density at radius 2 is 2.00 bits per heavy atom. The summed E-state index contributed by atoms with van der Waals surface area (Å²) in [5, 5.41) is 3.36. The van der Waals surface area contributed by atoms with Crippen LogP contribution in [0.4, 0.5) is 0 Å². The lowest BCUT2D eigenvalue weighted by Crippen LogP contribution is -2.22. The number of ether oxygens (including phenoxy) is 1. The molecule has 4 nitrogen and oxygen atoms in total. The minimum absolute atomic E-state index is 0.274. The van der Waals surface area contributed by atoms with E-state index in [-0.39, 0.29) is 5.41 Å². The lowest BCUT2D eigenvalue weighted by atomic mass is 9.93. The zero-order chi connectivity index (χ0) is 14.5. The first-order valence-electron chi connectivity index (χ1n) is 6.96. The van der Waals surface area contributed by atoms with Crippen LogP contribution in [0.1, 0.15) is 52.3 Å². The minimum Gasteiger partial charge on any atom is -0.463 e. The van der Waals surface area contributed by atoms with Crippen molar-refractivity contribution >= 4 is 0 Å². The molecule has 0 amide bonds. The van der Waals surface area contributed by atoms with E-state index in [1.807, 2.05) is 13.1 Å². The highest BCUT2D eigenvalue weighted by atomic mass is 16.5. The highest BCUT2D eigenvalue weighted by molar-refractivity contribution is 5.17. The molecule has 0 atom stereocenters. The lowest BCUT2D eigenvalue weighted by molar-refractivity contribution is 0.228. The van der Waals surface area contributed by atoms with Crippen LogP contribution in [0.3, 0.4) is 0 Å². The Labute approximate surface area is 117 Å². The van der Waals surface area contributed by atoms with Crippen LogP contribution in [0.15, 0.2) is 6.20 Å². The maximum absolute atomic E-state index is 5.60. The van der Waals surface area contributed by atoms with Gasteiger partial charge >= 0.3 is 6.01 Å². The summed E-state index contributed by atoms with van der Waals surface area (Å²) >= 11 is 0. The Kier molecular flexibility index (Phi) is 5.73. The van der Waals surface area contributed by atoms with Gasteiger partial charge in [0.1, 0.15) is 0 Å². The van der Waals surface area contributed by atoms with Crippen LogP contribution in [0.2, 0.25) is 0 Å². The number of hydrogen-bond donors (Lipinski definition) is 1. The van der Waals surface area contributed by atoms with Crippen molar-refractivity contribution in [1.29, 1.82) is 0 Å². The van der Waals surface area contributed by atoms with E-state index < -0.39 is 0 Å². The van der Waals surface area contributed by atoms with Gasteiger partial charge in [0.05, 0.1) is 6.61 Å². The van der Waals surface area contributed by atoms with Crippen molar-refractivity contribution < 1.29 is 4.74 Å². The van der Waals surface area contributed by atoms with E-state index in [0.29, 0.717) is 18.7 Å². The first-order valence-corrected chi connectivity index (χ1v) is 6.96. The lowest BCUT2D eigenvalue weighted by Gasteiger charge is -2.17. The average molecular weight is 265 g/mol. The second-order valence-corrected chi connectivity index (χ2v) is 6.46. The van der Waals surface area contributed by atoms with E-state index in [0.717, 1.165) is 24.2 Å². The highest BCUT2D eigenvalue weighted by Crippen LogP contribution is 2.18. The van der Waals surface area contributed by atoms with Crippen LogP contribution < -0.4 is 10.1 Å². The zero-order valence-electron chi connectivity index (χ0n) is 13.1. The molecule has 108 valence electrons. The Hall–Kier alpha value is -1.16. The van der Waals surface area contributed by atoms with E-state index in [1.165, 1.54) is 0 Å². The van der Waals surface area contributed by atoms with E-state index in [9.17, 15) is 0 Å². The summed E-state index contributed by atoms with van der Waals surface area (Å²) in [4.78, 5) is 8.66. The summed E-state index contributed by atoms with van der Waals surface area (Å²) in [5.74, 6) is 0. The molecule has 0 aliphatic carbocycles. The molecule has 0 aliphatic heterocycles. The summed E-state index contributed by atoms with van der Waals surface area (Å²) in [6.07, 6.45) is 2.84. The van der Waals surface area contributed by atoms with Crippen LogP contribution in [0, 0.1) is 12.3 Å². The van der Waals surface area contributed by atoms with Crippen molar-refractivity contribution in [3.63, 3.8) is 0 Å². The third-order valence-electron chi connectivity index (χ3n) is 2.84. The van der Waals surface area contributed by atoms with Crippen molar-refractivity contribution in [3.8, 4) is 6.01 Å². The van der Waals surface area contributed by atoms with E-state index >= 15 is 0 Å². The zero-order valence-corrected chi connectivity index (χ0v) is 13.1. The topological polar surface area (TPSA) is 47.0 Å². The molecule has 1 N–H and O–H groups in total. The van der Waals surface area contributed by atoms with Gasteiger partial charge in [-0.25, -0.2) is 9.97 Å². The van der Waals surface area contributed by atoms with E-state index in [4.69, 9.17) is 4.74 Å². The molecular weight excluding hydrogens is 238 g/mol. The monoisotopic (exact) mass is 265 g/mol. The van der Waals surface area contributed by atoms with Crippen LogP contribution >= 0.6 is 0 Å². The predicted molar refractivity (Wildman–Crippen MR) is 78.3 cm³/mol. The van der Waals surface area contributed by atoms with Crippen molar-refractivity contribution in [2.24, 2.45) is 5.41 Å². The summed E-state index contributed by atoms with van der Waals surface area (Å²) in [7, 11) is 0. The van der Waals surface area contributed by atoms with Gasteiger partial charge in [-0.3, -0.25) is 0 Å². The van der Waals surface area contributed by atoms with Crippen LogP contribution in [0.25, 0.3) is 0 Å². The quantitative estimate of drug-likeness (QED) is 0.858. The maximum atomic E-state index is 5.60. The van der Waals surface area contributed by atoms with Gasteiger partial charge in [-0.15, -0.1) is 0 Å². The van der Waals surface area contributed by atoms with Crippen molar-refractivity contribution in [2.75, 3.05) is 6.61 Å². The second-order valence-electron chi connectivity index (χ2n) is 6.46. The van der Waals surface area contributed by atoms with Gasteiger partial charge in [-0.1, -0.05) is 34.6 Å². The number of rotatable bonds is 6. The molecule has 1 heterocycles. The van der Waals surface area contributed by atoms with Gasteiger partial charge in [0.2, 0.25) is 0 Å². The van der Waals surface area contributed by atoms with Crippen LogP contribution in [-0.2, 0) is 6.54 Å². The molecule has 4 heteroatoms. The van der Waals surface area contributed by atoms with E-state index in [2.05, 4.69) is 49.9 Å². The Morgan fingerprint density at radius 3 is 2.53 bits per heavy atom. The van der Waals surface area contributed by atoms with Crippen LogP contribution in [0.5, 0.6) is 6.01 Å². The molecule has 19 heavy (non-hydrogen) atoms. The fourth-order valence-corrected chi connectivity index (χ4v) is 1.48. The first kappa shape index (κ1) is 15.9. The molecule has 0 aromatic carbocycles. The Morgan fingerprint density at radius 1 is 1.32 bits per heavy atom. The molecule has 0 saturated carbocycles. The number of aryl methyl sites for hydroxylation is 1. The highest BCUT2D eigenvalue weighted by Gasteiger charge is 2.11. The number of nitrogens with one attached hydrogen (secondary N) is 1. The number of nitrogens with zero attached hydrogens (tertiary/aromatic N) is 2. The van der Waals surface area contributed by atoms with Gasteiger partial charge in [0.25, 0.3) is 0 Å². The fraction of sp³-hybridized carbons (Fsp3) is 0.733. The largest absolute Gasteiger partial charge is 0.463 e. The van der Waals surface area contributed by atoms with Gasteiger partial charge in [0.15, 0.2) is 0 Å². The van der Waals surface area contributed by atoms with Gasteiger partial charge in [-0.05, 0) is 18.8 Å². The number of aromatic nitrogens is 2. The van der Waals surface area contributed by atoms with Crippen LogP contribution in [-0.4, -0.2) is 22.6 Å². The molecule has 0 aliphatic rings. The second kappa shape index (κ2) is 6.85. The van der Waals surface area contributed by atoms with Gasteiger partial charge in [0, 0.05) is 30.0 Å². The SMILES string of the molecule is Cc1nc(OCCC(C)(C)C)ncc1CNC(C)C. The van der Waals surface area contributed by atoms with Gasteiger partial charge in [-0.2, -0.15) is 0 Å². The standard InChI is InChI=1S/C15H27N3O/c1-11(2)16-9-13-10-17-14(18-12(13)3)19-8-7-15(4,5)6/h10-11,16H,7-9H2,1-6H3. The molecule has 0 saturated heterocycles. The molecule has 0 radical (unpaired) electrons. The Balaban J connectivity index is 2.52. The van der Waals surface area contributed by atoms with Crippen molar-refractivity contribution in [1.82, 2.24) is 15.3 Å². The molecule has 0 bridgehead atoms. The van der Waals surface area contributed by atoms with Gasteiger partial charge < -0.3 is 10.1 Å². The Bertz CT molecular complexity index is 397. The third-order valence-corrected chi connectivity index (χ3v) is 2.84. The van der Waals surface area contributed by atoms with Crippen molar-refractivity contribution in [3.05, 3.63) is 17.5 Å². The fourth-order valence-electron chi connectivity index (χ4n) is 1.48. The summed E-state index contributed by atoms with van der Waals surface area (Å²) in [6, 6.07) is 0.942. The smallest absolute Gasteiger partial charge is 0.316 e. The molecule has 1 aromatic heterocycles. The first-order chi connectivity index (χ1) is 8.78. The maximum Gasteiger partial charge on any atom is 0.316 e.